The molecule has 0 saturated heterocycles. The highest BCUT2D eigenvalue weighted by molar-refractivity contribution is 6.28. The topological polar surface area (TPSA) is 94.8 Å². The third-order valence-corrected chi connectivity index (χ3v) is 2.38. The Morgan fingerprint density at radius 3 is 2.89 bits per heavy atom. The second kappa shape index (κ2) is 5.61. The van der Waals surface area contributed by atoms with Crippen molar-refractivity contribution in [2.75, 3.05) is 12.4 Å². The van der Waals surface area contributed by atoms with E-state index in [0.29, 0.717) is 0 Å². The van der Waals surface area contributed by atoms with Crippen LogP contribution in [0, 0.1) is 0 Å². The van der Waals surface area contributed by atoms with Gasteiger partial charge in [-0.1, -0.05) is 0 Å². The van der Waals surface area contributed by atoms with Gasteiger partial charge in [-0.05, 0) is 24.6 Å². The molecule has 9 heteroatoms. The van der Waals surface area contributed by atoms with Crippen LogP contribution in [0.5, 0.6) is 0 Å². The number of methoxy groups -OCH3 is 1. The lowest BCUT2D eigenvalue weighted by Crippen LogP contribution is -2.28. The first-order valence-electron chi connectivity index (χ1n) is 5.36. The normalized spacial score (nSPS) is 11.9. The van der Waals surface area contributed by atoms with Crippen LogP contribution in [0.3, 0.4) is 0 Å². The van der Waals surface area contributed by atoms with Crippen LogP contribution in [-0.2, 0) is 9.53 Å². The largest absolute Gasteiger partial charge is 0.467 e. The molecule has 2 aromatic rings. The number of anilines is 1. The predicted octanol–water partition coefficient (Wildman–Crippen LogP) is 0.684. The van der Waals surface area contributed by atoms with Gasteiger partial charge in [0.25, 0.3) is 5.95 Å². The molecule has 8 nitrogen and oxygen atoms in total. The lowest BCUT2D eigenvalue weighted by Gasteiger charge is -2.11. The van der Waals surface area contributed by atoms with E-state index in [9.17, 15) is 4.79 Å². The summed E-state index contributed by atoms with van der Waals surface area (Å²) in [6.45, 7) is 1.62. The van der Waals surface area contributed by atoms with Crippen molar-refractivity contribution in [2.45, 2.75) is 13.0 Å². The quantitative estimate of drug-likeness (QED) is 0.824. The highest BCUT2D eigenvalue weighted by Crippen LogP contribution is 2.10. The summed E-state index contributed by atoms with van der Waals surface area (Å²) in [7, 11) is 1.30. The zero-order valence-corrected chi connectivity index (χ0v) is 11.0. The number of nitrogens with zero attached hydrogens (tertiary/aromatic N) is 5. The van der Waals surface area contributed by atoms with Crippen LogP contribution in [0.1, 0.15) is 6.92 Å². The number of carbonyl (C=O) groups excluding carboxylic acids is 1. The van der Waals surface area contributed by atoms with Crippen molar-refractivity contribution in [3.8, 4) is 5.95 Å². The molecule has 0 fully saturated rings. The molecule has 0 amide bonds. The zero-order chi connectivity index (χ0) is 13.8. The summed E-state index contributed by atoms with van der Waals surface area (Å²) in [5.41, 5.74) is 0. The molecule has 0 aliphatic rings. The second-order valence-electron chi connectivity index (χ2n) is 3.57. The molecule has 0 saturated carbocycles. The maximum Gasteiger partial charge on any atom is 0.328 e. The molecule has 1 N–H and O–H groups in total. The van der Waals surface area contributed by atoms with Crippen LogP contribution >= 0.6 is 11.6 Å². The van der Waals surface area contributed by atoms with Gasteiger partial charge < -0.3 is 10.1 Å². The van der Waals surface area contributed by atoms with Crippen molar-refractivity contribution in [2.24, 2.45) is 0 Å². The first kappa shape index (κ1) is 13.2. The van der Waals surface area contributed by atoms with Gasteiger partial charge in [0.1, 0.15) is 6.04 Å². The van der Waals surface area contributed by atoms with E-state index in [0.717, 1.165) is 0 Å². The van der Waals surface area contributed by atoms with Crippen molar-refractivity contribution in [1.82, 2.24) is 24.7 Å². The van der Waals surface area contributed by atoms with Crippen LogP contribution in [0.4, 0.5) is 5.95 Å². The van der Waals surface area contributed by atoms with Crippen molar-refractivity contribution < 1.29 is 9.53 Å². The summed E-state index contributed by atoms with van der Waals surface area (Å²) < 4.78 is 6.03. The van der Waals surface area contributed by atoms with E-state index in [2.05, 4.69) is 30.1 Å². The maximum atomic E-state index is 11.3. The molecule has 0 aliphatic carbocycles. The molecule has 0 aliphatic heterocycles. The summed E-state index contributed by atoms with van der Waals surface area (Å²) in [5, 5.41) is 6.76. The van der Waals surface area contributed by atoms with E-state index in [1.807, 2.05) is 0 Å². The number of carbonyl (C=O) groups is 1. The van der Waals surface area contributed by atoms with Crippen LogP contribution < -0.4 is 5.32 Å². The molecule has 2 rings (SSSR count). The molecule has 0 bridgehead atoms. The summed E-state index contributed by atoms with van der Waals surface area (Å²) in [4.78, 5) is 23.2. The first-order valence-corrected chi connectivity index (χ1v) is 5.74. The Hall–Kier alpha value is -2.22. The minimum absolute atomic E-state index is 0.0000609. The summed E-state index contributed by atoms with van der Waals surface area (Å²) in [6, 6.07) is 1.12. The fraction of sp³-hybridized carbons (Fsp3) is 0.300. The Morgan fingerprint density at radius 1 is 1.47 bits per heavy atom. The van der Waals surface area contributed by atoms with Gasteiger partial charge in [-0.2, -0.15) is 20.1 Å². The Kier molecular flexibility index (Phi) is 3.91. The number of hydrogen-bond donors (Lipinski definition) is 1. The third-order valence-electron chi connectivity index (χ3n) is 2.21. The third kappa shape index (κ3) is 3.16. The monoisotopic (exact) mass is 282 g/mol. The second-order valence-corrected chi connectivity index (χ2v) is 3.91. The Labute approximate surface area is 113 Å². The average molecular weight is 283 g/mol. The lowest BCUT2D eigenvalue weighted by atomic mass is 10.3. The molecule has 0 aromatic carbocycles. The van der Waals surface area contributed by atoms with Crippen LogP contribution in [0.2, 0.25) is 5.28 Å². The first-order chi connectivity index (χ1) is 9.10. The van der Waals surface area contributed by atoms with Crippen LogP contribution in [-0.4, -0.2) is 43.9 Å². The van der Waals surface area contributed by atoms with Crippen molar-refractivity contribution in [1.29, 1.82) is 0 Å². The minimum Gasteiger partial charge on any atom is -0.467 e. The van der Waals surface area contributed by atoms with E-state index in [4.69, 9.17) is 11.6 Å². The number of halogens is 1. The molecule has 2 aromatic heterocycles. The molecular weight excluding hydrogens is 272 g/mol. The van der Waals surface area contributed by atoms with Crippen LogP contribution in [0.15, 0.2) is 18.5 Å². The standard InChI is InChI=1S/C10H11ClN6O2/c1-6(7(18)19-2)13-9-14-8(11)15-10(16-9)17-5-3-4-12-17/h3-6H,1-2H3,(H,13,14,15,16). The van der Waals surface area contributed by atoms with Gasteiger partial charge in [-0.15, -0.1) is 0 Å². The molecule has 0 radical (unpaired) electrons. The van der Waals surface area contributed by atoms with Crippen molar-refractivity contribution in [3.63, 3.8) is 0 Å². The minimum atomic E-state index is -0.603. The van der Waals surface area contributed by atoms with E-state index in [1.54, 1.807) is 25.4 Å². The number of hydrogen-bond acceptors (Lipinski definition) is 7. The summed E-state index contributed by atoms with van der Waals surface area (Å²) in [5.74, 6) is -0.00913. The fourth-order valence-corrected chi connectivity index (χ4v) is 1.48. The molecule has 19 heavy (non-hydrogen) atoms. The van der Waals surface area contributed by atoms with E-state index in [-0.39, 0.29) is 17.2 Å². The SMILES string of the molecule is COC(=O)C(C)Nc1nc(Cl)nc(-n2cccn2)n1. The van der Waals surface area contributed by atoms with Gasteiger partial charge in [0.15, 0.2) is 0 Å². The van der Waals surface area contributed by atoms with Crippen LogP contribution in [0.25, 0.3) is 5.95 Å². The smallest absolute Gasteiger partial charge is 0.328 e. The molecular formula is C10H11ClN6O2. The number of aromatic nitrogens is 5. The number of rotatable bonds is 4. The van der Waals surface area contributed by atoms with Gasteiger partial charge in [0, 0.05) is 12.4 Å². The number of esters is 1. The molecule has 2 heterocycles. The van der Waals surface area contributed by atoms with Gasteiger partial charge in [-0.25, -0.2) is 9.48 Å². The van der Waals surface area contributed by atoms with E-state index in [1.165, 1.54) is 11.8 Å². The average Bonchev–Trinajstić information content (AvgIpc) is 2.90. The van der Waals surface area contributed by atoms with Gasteiger partial charge in [-0.3, -0.25) is 0 Å². The van der Waals surface area contributed by atoms with Gasteiger partial charge in [0.05, 0.1) is 7.11 Å². The Bertz CT molecular complexity index is 573. The Morgan fingerprint density at radius 2 is 2.26 bits per heavy atom. The lowest BCUT2D eigenvalue weighted by molar-refractivity contribution is -0.141. The maximum absolute atomic E-state index is 11.3. The highest BCUT2D eigenvalue weighted by Gasteiger charge is 2.15. The molecule has 100 valence electrons. The predicted molar refractivity (Wildman–Crippen MR) is 67.1 cm³/mol. The van der Waals surface area contributed by atoms with E-state index < -0.39 is 12.0 Å². The van der Waals surface area contributed by atoms with Crippen molar-refractivity contribution >= 4 is 23.5 Å². The summed E-state index contributed by atoms with van der Waals surface area (Å²) >= 11 is 5.80. The number of ether oxygens (including phenoxy) is 1. The summed E-state index contributed by atoms with van der Waals surface area (Å²) in [6.07, 6.45) is 3.25. The molecule has 1 atom stereocenters. The zero-order valence-electron chi connectivity index (χ0n) is 10.2. The molecule has 1 unspecified atom stereocenters. The molecule has 0 spiro atoms. The fourth-order valence-electron chi connectivity index (χ4n) is 1.32. The Balaban J connectivity index is 2.25. The van der Waals surface area contributed by atoms with Gasteiger partial charge in [0.2, 0.25) is 11.2 Å². The van der Waals surface area contributed by atoms with Crippen molar-refractivity contribution in [3.05, 3.63) is 23.7 Å². The highest BCUT2D eigenvalue weighted by atomic mass is 35.5. The number of nitrogens with one attached hydrogen (secondary N) is 1. The van der Waals surface area contributed by atoms with Gasteiger partial charge >= 0.3 is 5.97 Å². The van der Waals surface area contributed by atoms with E-state index >= 15 is 0 Å².